The molecule has 2 heterocycles. The highest BCUT2D eigenvalue weighted by atomic mass is 79.9. The molecule has 1 aliphatic rings. The molecule has 1 aromatic heterocycles. The van der Waals surface area contributed by atoms with Gasteiger partial charge < -0.3 is 13.9 Å². The van der Waals surface area contributed by atoms with E-state index in [1.54, 1.807) is 37.3 Å². The zero-order chi connectivity index (χ0) is 22.4. The van der Waals surface area contributed by atoms with Gasteiger partial charge in [0.2, 0.25) is 11.5 Å². The number of fused-ring (bicyclic) bond motifs is 2. The van der Waals surface area contributed by atoms with Crippen molar-refractivity contribution < 1.29 is 27.9 Å². The molecule has 32 heavy (non-hydrogen) atoms. The van der Waals surface area contributed by atoms with Crippen molar-refractivity contribution in [1.82, 2.24) is 0 Å². The van der Waals surface area contributed by atoms with E-state index < -0.39 is 11.8 Å². The smallest absolute Gasteiger partial charge is 0.379 e. The van der Waals surface area contributed by atoms with Gasteiger partial charge in [-0.15, -0.1) is 0 Å². The summed E-state index contributed by atoms with van der Waals surface area (Å²) in [6.07, 6.45) is 1.48. The number of rotatable bonds is 3. The fourth-order valence-electron chi connectivity index (χ4n) is 3.56. The van der Waals surface area contributed by atoms with Crippen LogP contribution >= 0.6 is 15.9 Å². The van der Waals surface area contributed by atoms with Crippen LogP contribution in [0.1, 0.15) is 32.0 Å². The minimum atomic E-state index is -0.670. The molecule has 0 aliphatic carbocycles. The van der Waals surface area contributed by atoms with Crippen LogP contribution in [0.5, 0.6) is 11.5 Å². The Morgan fingerprint density at radius 3 is 2.75 bits per heavy atom. The number of carbonyl (C=O) groups excluding carboxylic acids is 2. The molecule has 5 rings (SSSR count). The van der Waals surface area contributed by atoms with Crippen molar-refractivity contribution in [1.29, 1.82) is 0 Å². The molecule has 1 aliphatic heterocycles. The molecule has 7 heteroatoms. The Hall–Kier alpha value is -3.71. The summed E-state index contributed by atoms with van der Waals surface area (Å²) in [6.45, 7) is 1.72. The van der Waals surface area contributed by atoms with E-state index in [1.807, 2.05) is 12.1 Å². The van der Waals surface area contributed by atoms with Crippen molar-refractivity contribution in [3.8, 4) is 11.5 Å². The van der Waals surface area contributed by atoms with Gasteiger partial charge >= 0.3 is 5.97 Å². The molecule has 0 radical (unpaired) electrons. The summed E-state index contributed by atoms with van der Waals surface area (Å²) in [5.74, 6) is -0.786. The zero-order valence-electron chi connectivity index (χ0n) is 16.6. The normalized spacial score (nSPS) is 14.0. The molecule has 158 valence electrons. The van der Waals surface area contributed by atoms with Gasteiger partial charge in [-0.1, -0.05) is 28.1 Å². The first-order valence-corrected chi connectivity index (χ1v) is 10.4. The fraction of sp³-hybridized carbons (Fsp3) is 0.0400. The number of ketones is 1. The van der Waals surface area contributed by atoms with Crippen LogP contribution in [0.4, 0.5) is 4.39 Å². The van der Waals surface area contributed by atoms with Crippen LogP contribution in [0.15, 0.2) is 75.3 Å². The van der Waals surface area contributed by atoms with E-state index in [1.165, 1.54) is 24.3 Å². The van der Waals surface area contributed by atoms with E-state index in [4.69, 9.17) is 13.9 Å². The van der Waals surface area contributed by atoms with Crippen LogP contribution in [0.25, 0.3) is 17.0 Å². The van der Waals surface area contributed by atoms with Crippen molar-refractivity contribution in [2.75, 3.05) is 0 Å². The van der Waals surface area contributed by atoms with Gasteiger partial charge in [0.15, 0.2) is 5.76 Å². The molecule has 0 amide bonds. The summed E-state index contributed by atoms with van der Waals surface area (Å²) in [5.41, 5.74) is 2.03. The SMILES string of the molecule is Cc1cc(OC(=O)c2cc3cc(Br)ccc3o2)cc2c1C(=O)/C(=C/c1cccc(F)c1)O2. The Bertz CT molecular complexity index is 1450. The van der Waals surface area contributed by atoms with Crippen molar-refractivity contribution in [3.05, 3.63) is 99.2 Å². The molecule has 0 atom stereocenters. The third kappa shape index (κ3) is 3.71. The zero-order valence-corrected chi connectivity index (χ0v) is 18.2. The average Bonchev–Trinajstić information content (AvgIpc) is 3.29. The molecule has 5 nitrogen and oxygen atoms in total. The summed E-state index contributed by atoms with van der Waals surface area (Å²) in [4.78, 5) is 25.4. The Morgan fingerprint density at radius 2 is 1.94 bits per heavy atom. The van der Waals surface area contributed by atoms with Gasteiger partial charge in [0.25, 0.3) is 0 Å². The number of aryl methyl sites for hydroxylation is 1. The Labute approximate surface area is 190 Å². The highest BCUT2D eigenvalue weighted by Crippen LogP contribution is 2.38. The lowest BCUT2D eigenvalue weighted by Gasteiger charge is -2.06. The number of hydrogen-bond donors (Lipinski definition) is 0. The molecule has 0 unspecified atom stereocenters. The Kier molecular flexibility index (Phi) is 4.90. The van der Waals surface area contributed by atoms with E-state index in [9.17, 15) is 14.0 Å². The number of esters is 1. The van der Waals surface area contributed by atoms with Crippen LogP contribution < -0.4 is 9.47 Å². The number of benzene rings is 3. The van der Waals surface area contributed by atoms with Crippen molar-refractivity contribution in [2.24, 2.45) is 0 Å². The number of halogens is 2. The second-order valence-electron chi connectivity index (χ2n) is 7.29. The van der Waals surface area contributed by atoms with Crippen molar-refractivity contribution in [3.63, 3.8) is 0 Å². The van der Waals surface area contributed by atoms with Crippen LogP contribution in [0, 0.1) is 12.7 Å². The van der Waals surface area contributed by atoms with Crippen LogP contribution in [0.2, 0.25) is 0 Å². The number of carbonyl (C=O) groups is 2. The van der Waals surface area contributed by atoms with E-state index >= 15 is 0 Å². The highest BCUT2D eigenvalue weighted by molar-refractivity contribution is 9.10. The second kappa shape index (κ2) is 7.76. The third-order valence-electron chi connectivity index (χ3n) is 4.98. The number of furan rings is 1. The van der Waals surface area contributed by atoms with Gasteiger partial charge in [-0.3, -0.25) is 4.79 Å². The minimum Gasteiger partial charge on any atom is -0.452 e. The standard InChI is InChI=1S/C25H14BrFO5/c1-13-7-18(30-25(29)22-11-15-10-16(26)5-6-19(15)31-22)12-20-23(13)24(28)21(32-20)9-14-3-2-4-17(27)8-14/h2-12H,1H3/b21-9-. The maximum absolute atomic E-state index is 13.5. The van der Waals surface area contributed by atoms with Crippen LogP contribution in [-0.4, -0.2) is 11.8 Å². The Balaban J connectivity index is 1.42. The fourth-order valence-corrected chi connectivity index (χ4v) is 3.94. The molecule has 0 bridgehead atoms. The number of hydrogen-bond acceptors (Lipinski definition) is 5. The molecule has 0 fully saturated rings. The molecule has 0 saturated heterocycles. The van der Waals surface area contributed by atoms with Crippen molar-refractivity contribution in [2.45, 2.75) is 6.92 Å². The van der Waals surface area contributed by atoms with Gasteiger partial charge in [0, 0.05) is 15.9 Å². The van der Waals surface area contributed by atoms with E-state index in [0.717, 1.165) is 9.86 Å². The van der Waals surface area contributed by atoms with Gasteiger partial charge in [0.05, 0.1) is 5.56 Å². The predicted molar refractivity (Wildman–Crippen MR) is 119 cm³/mol. The van der Waals surface area contributed by atoms with E-state index in [0.29, 0.717) is 22.3 Å². The monoisotopic (exact) mass is 492 g/mol. The largest absolute Gasteiger partial charge is 0.452 e. The van der Waals surface area contributed by atoms with Crippen molar-refractivity contribution >= 4 is 44.7 Å². The molecule has 3 aromatic carbocycles. The number of allylic oxidation sites excluding steroid dienone is 1. The molecule has 0 spiro atoms. The third-order valence-corrected chi connectivity index (χ3v) is 5.47. The highest BCUT2D eigenvalue weighted by Gasteiger charge is 2.30. The summed E-state index contributed by atoms with van der Waals surface area (Å²) in [5, 5.41) is 0.762. The van der Waals surface area contributed by atoms with Gasteiger partial charge in [-0.2, -0.15) is 0 Å². The number of Topliss-reactive ketones (excluding diaryl/α,β-unsaturated/α-hetero) is 1. The summed E-state index contributed by atoms with van der Waals surface area (Å²) in [6, 6.07) is 15.9. The quantitative estimate of drug-likeness (QED) is 0.186. The Morgan fingerprint density at radius 1 is 1.09 bits per heavy atom. The number of ether oxygens (including phenoxy) is 2. The lowest BCUT2D eigenvalue weighted by molar-refractivity contribution is 0.0703. The first-order chi connectivity index (χ1) is 15.4. The second-order valence-corrected chi connectivity index (χ2v) is 8.21. The van der Waals surface area contributed by atoms with Crippen LogP contribution in [-0.2, 0) is 0 Å². The van der Waals surface area contributed by atoms with Gasteiger partial charge in [0.1, 0.15) is 22.9 Å². The first-order valence-electron chi connectivity index (χ1n) is 9.63. The summed E-state index contributed by atoms with van der Waals surface area (Å²) in [7, 11) is 0. The molecule has 0 saturated carbocycles. The maximum Gasteiger partial charge on any atom is 0.379 e. The maximum atomic E-state index is 13.5. The van der Waals surface area contributed by atoms with Crippen LogP contribution in [0.3, 0.4) is 0 Å². The van der Waals surface area contributed by atoms with E-state index in [2.05, 4.69) is 15.9 Å². The van der Waals surface area contributed by atoms with E-state index in [-0.39, 0.29) is 28.8 Å². The topological polar surface area (TPSA) is 65.7 Å². The minimum absolute atomic E-state index is 0.0555. The van der Waals surface area contributed by atoms with Gasteiger partial charge in [-0.25, -0.2) is 9.18 Å². The summed E-state index contributed by atoms with van der Waals surface area (Å²) >= 11 is 3.38. The lowest BCUT2D eigenvalue weighted by Crippen LogP contribution is -2.07. The lowest BCUT2D eigenvalue weighted by atomic mass is 10.0. The molecule has 0 N–H and O–H groups in total. The first kappa shape index (κ1) is 20.2. The molecular weight excluding hydrogens is 479 g/mol. The molecular formula is C25H14BrFO5. The average molecular weight is 493 g/mol. The predicted octanol–water partition coefficient (Wildman–Crippen LogP) is 6.48. The summed E-state index contributed by atoms with van der Waals surface area (Å²) < 4.78 is 31.1. The van der Waals surface area contributed by atoms with Gasteiger partial charge in [-0.05, 0) is 66.6 Å². The molecule has 4 aromatic rings.